The Morgan fingerprint density at radius 1 is 1.03 bits per heavy atom. The van der Waals surface area contributed by atoms with Crippen LogP contribution in [0, 0.1) is 13.8 Å². The van der Waals surface area contributed by atoms with E-state index in [9.17, 15) is 14.7 Å². The number of piperazine rings is 1. The Bertz CT molecular complexity index is 1120. The van der Waals surface area contributed by atoms with Crippen molar-refractivity contribution in [2.75, 3.05) is 51.1 Å². The number of hydrogen-bond donors (Lipinski definition) is 3. The Labute approximate surface area is 219 Å². The van der Waals surface area contributed by atoms with E-state index in [4.69, 9.17) is 0 Å². The van der Waals surface area contributed by atoms with Crippen LogP contribution in [0.2, 0.25) is 0 Å². The van der Waals surface area contributed by atoms with E-state index in [1.54, 1.807) is 0 Å². The van der Waals surface area contributed by atoms with Gasteiger partial charge >= 0.3 is 6.03 Å². The molecule has 0 unspecified atom stereocenters. The summed E-state index contributed by atoms with van der Waals surface area (Å²) in [5, 5.41) is 16.7. The van der Waals surface area contributed by atoms with Crippen LogP contribution < -0.4 is 10.6 Å². The number of phenolic OH excluding ortho intramolecular Hbond substituents is 1. The van der Waals surface area contributed by atoms with Crippen molar-refractivity contribution in [3.8, 4) is 5.75 Å². The van der Waals surface area contributed by atoms with E-state index in [-0.39, 0.29) is 24.0 Å². The highest BCUT2D eigenvalue weighted by atomic mass is 16.3. The average Bonchev–Trinajstić information content (AvgIpc) is 3.08. The van der Waals surface area contributed by atoms with Crippen molar-refractivity contribution < 1.29 is 14.7 Å². The van der Waals surface area contributed by atoms with Gasteiger partial charge in [-0.3, -0.25) is 9.69 Å². The van der Waals surface area contributed by atoms with Crippen LogP contribution in [-0.4, -0.2) is 89.6 Å². The van der Waals surface area contributed by atoms with E-state index >= 15 is 0 Å². The van der Waals surface area contributed by atoms with Gasteiger partial charge in [0.2, 0.25) is 5.91 Å². The first-order valence-electron chi connectivity index (χ1n) is 13.6. The third-order valence-electron chi connectivity index (χ3n) is 8.22. The topological polar surface area (TPSA) is 88.2 Å². The van der Waals surface area contributed by atoms with Gasteiger partial charge in [0.15, 0.2) is 0 Å². The van der Waals surface area contributed by atoms with E-state index in [0.29, 0.717) is 18.7 Å². The number of hydrogen-bond acceptors (Lipinski definition) is 5. The standard InChI is InChI=1S/C29H39N5O3/c1-20-17-22(18-21(2)27(20)35)19-26(28(36)33-15-10-30-11-16-33)32-12-8-24(9-13-32)34-14-7-23-5-3-4-6-25(23)31-29(34)37/h3-6,17-18,24,26,30,35H,7-16,19H2,1-2H3,(H,31,37)/t26-/m1/s1. The number of para-hydroxylation sites is 1. The monoisotopic (exact) mass is 505 g/mol. The van der Waals surface area contributed by atoms with Gasteiger partial charge < -0.3 is 25.5 Å². The number of rotatable bonds is 5. The fourth-order valence-corrected chi connectivity index (χ4v) is 6.10. The van der Waals surface area contributed by atoms with Crippen molar-refractivity contribution in [3.05, 3.63) is 58.7 Å². The van der Waals surface area contributed by atoms with E-state index in [0.717, 1.165) is 80.9 Å². The third-order valence-corrected chi connectivity index (χ3v) is 8.22. The van der Waals surface area contributed by atoms with Gasteiger partial charge in [-0.1, -0.05) is 30.3 Å². The summed E-state index contributed by atoms with van der Waals surface area (Å²) in [6, 6.07) is 11.9. The van der Waals surface area contributed by atoms with Crippen LogP contribution in [0.3, 0.4) is 0 Å². The first kappa shape index (κ1) is 25.5. The van der Waals surface area contributed by atoms with Crippen LogP contribution in [0.5, 0.6) is 5.75 Å². The molecular weight excluding hydrogens is 466 g/mol. The summed E-state index contributed by atoms with van der Waals surface area (Å²) in [4.78, 5) is 33.1. The number of aryl methyl sites for hydroxylation is 2. The molecule has 1 atom stereocenters. The van der Waals surface area contributed by atoms with Gasteiger partial charge in [0.25, 0.3) is 0 Å². The van der Waals surface area contributed by atoms with E-state index in [1.165, 1.54) is 5.56 Å². The van der Waals surface area contributed by atoms with E-state index < -0.39 is 0 Å². The van der Waals surface area contributed by atoms with Crippen molar-refractivity contribution in [1.82, 2.24) is 20.0 Å². The Morgan fingerprint density at radius 3 is 2.41 bits per heavy atom. The largest absolute Gasteiger partial charge is 0.507 e. The van der Waals surface area contributed by atoms with Crippen LogP contribution in [0.25, 0.3) is 0 Å². The summed E-state index contributed by atoms with van der Waals surface area (Å²) >= 11 is 0. The average molecular weight is 506 g/mol. The molecule has 0 aliphatic carbocycles. The van der Waals surface area contributed by atoms with Gasteiger partial charge in [0.1, 0.15) is 5.75 Å². The number of aromatic hydroxyl groups is 1. The second-order valence-corrected chi connectivity index (χ2v) is 10.7. The van der Waals surface area contributed by atoms with Gasteiger partial charge in [0.05, 0.1) is 6.04 Å². The number of benzene rings is 2. The number of nitrogens with one attached hydrogen (secondary N) is 2. The zero-order valence-electron chi connectivity index (χ0n) is 22.0. The lowest BCUT2D eigenvalue weighted by Gasteiger charge is -2.42. The second-order valence-electron chi connectivity index (χ2n) is 10.7. The number of anilines is 1. The number of carbonyl (C=O) groups is 2. The lowest BCUT2D eigenvalue weighted by atomic mass is 9.95. The van der Waals surface area contributed by atoms with Gasteiger partial charge in [-0.25, -0.2) is 4.79 Å². The minimum atomic E-state index is -0.246. The fraction of sp³-hybridized carbons (Fsp3) is 0.517. The van der Waals surface area contributed by atoms with E-state index in [2.05, 4.69) is 21.6 Å². The maximum atomic E-state index is 13.8. The predicted octanol–water partition coefficient (Wildman–Crippen LogP) is 2.91. The van der Waals surface area contributed by atoms with Gasteiger partial charge in [-0.15, -0.1) is 0 Å². The zero-order chi connectivity index (χ0) is 25.9. The smallest absolute Gasteiger partial charge is 0.322 e. The molecule has 0 spiro atoms. The van der Waals surface area contributed by atoms with Crippen molar-refractivity contribution >= 4 is 17.6 Å². The summed E-state index contributed by atoms with van der Waals surface area (Å²) in [6.45, 7) is 9.20. The minimum absolute atomic E-state index is 0.0214. The molecular formula is C29H39N5O3. The van der Waals surface area contributed by atoms with Crippen molar-refractivity contribution in [3.63, 3.8) is 0 Å². The molecule has 8 heteroatoms. The molecule has 3 aliphatic rings. The molecule has 3 aliphatic heterocycles. The summed E-state index contributed by atoms with van der Waals surface area (Å²) in [5.74, 6) is 0.513. The highest BCUT2D eigenvalue weighted by Crippen LogP contribution is 2.28. The molecule has 3 heterocycles. The van der Waals surface area contributed by atoms with Crippen molar-refractivity contribution in [2.45, 2.75) is 51.6 Å². The molecule has 3 N–H and O–H groups in total. The summed E-state index contributed by atoms with van der Waals surface area (Å²) in [5.41, 5.74) is 4.85. The molecule has 0 radical (unpaired) electrons. The van der Waals surface area contributed by atoms with Crippen LogP contribution in [0.4, 0.5) is 10.5 Å². The molecule has 3 amide bonds. The van der Waals surface area contributed by atoms with E-state index in [1.807, 2.05) is 54.0 Å². The number of carbonyl (C=O) groups excluding carboxylic acids is 2. The molecule has 0 saturated carbocycles. The van der Waals surface area contributed by atoms with Crippen molar-refractivity contribution in [1.29, 1.82) is 0 Å². The molecule has 2 aromatic rings. The first-order chi connectivity index (χ1) is 17.9. The molecule has 37 heavy (non-hydrogen) atoms. The highest BCUT2D eigenvalue weighted by molar-refractivity contribution is 5.91. The molecule has 0 bridgehead atoms. The minimum Gasteiger partial charge on any atom is -0.507 e. The Balaban J connectivity index is 1.29. The maximum Gasteiger partial charge on any atom is 0.322 e. The molecule has 2 aromatic carbocycles. The molecule has 8 nitrogen and oxygen atoms in total. The second kappa shape index (κ2) is 11.1. The normalized spacial score (nSPS) is 20.2. The molecule has 198 valence electrons. The number of piperidine rings is 1. The lowest BCUT2D eigenvalue weighted by molar-refractivity contribution is -0.138. The van der Waals surface area contributed by atoms with Crippen LogP contribution >= 0.6 is 0 Å². The predicted molar refractivity (Wildman–Crippen MR) is 145 cm³/mol. The van der Waals surface area contributed by atoms with Gasteiger partial charge in [-0.05, 0) is 67.9 Å². The summed E-state index contributed by atoms with van der Waals surface area (Å²) in [6.07, 6.45) is 3.17. The van der Waals surface area contributed by atoms with Crippen LogP contribution in [0.1, 0.15) is 35.1 Å². The maximum absolute atomic E-state index is 13.8. The van der Waals surface area contributed by atoms with Gasteiger partial charge in [-0.2, -0.15) is 0 Å². The number of likely N-dealkylation sites (tertiary alicyclic amines) is 1. The Hall–Kier alpha value is -3.10. The quantitative estimate of drug-likeness (QED) is 0.582. The highest BCUT2D eigenvalue weighted by Gasteiger charge is 2.36. The summed E-state index contributed by atoms with van der Waals surface area (Å²) in [7, 11) is 0. The van der Waals surface area contributed by atoms with Gasteiger partial charge in [0, 0.05) is 57.5 Å². The van der Waals surface area contributed by atoms with Crippen LogP contribution in [-0.2, 0) is 17.6 Å². The lowest BCUT2D eigenvalue weighted by Crippen LogP contribution is -2.57. The fourth-order valence-electron chi connectivity index (χ4n) is 6.10. The molecule has 5 rings (SSSR count). The summed E-state index contributed by atoms with van der Waals surface area (Å²) < 4.78 is 0. The first-order valence-corrected chi connectivity index (χ1v) is 13.6. The SMILES string of the molecule is Cc1cc(C[C@H](C(=O)N2CCNCC2)N2CCC(N3CCc4ccccc4NC3=O)CC2)cc(C)c1O. The number of nitrogens with zero attached hydrogens (tertiary/aromatic N) is 3. The number of amides is 3. The number of fused-ring (bicyclic) bond motifs is 1. The number of phenols is 1. The van der Waals surface area contributed by atoms with Crippen molar-refractivity contribution in [2.24, 2.45) is 0 Å². The number of urea groups is 1. The molecule has 0 aromatic heterocycles. The van der Waals surface area contributed by atoms with Crippen LogP contribution in [0.15, 0.2) is 36.4 Å². The molecule has 2 saturated heterocycles. The molecule has 2 fully saturated rings. The third kappa shape index (κ3) is 5.60. The zero-order valence-corrected chi connectivity index (χ0v) is 22.0. The Morgan fingerprint density at radius 2 is 1.70 bits per heavy atom. The Kier molecular flexibility index (Phi) is 7.67.